The Hall–Kier alpha value is -2.92. The van der Waals surface area contributed by atoms with Crippen LogP contribution in [0.3, 0.4) is 0 Å². The summed E-state index contributed by atoms with van der Waals surface area (Å²) in [7, 11) is 0. The summed E-state index contributed by atoms with van der Waals surface area (Å²) >= 11 is 0. The fourth-order valence-electron chi connectivity index (χ4n) is 3.55. The molecule has 0 radical (unpaired) electrons. The van der Waals surface area contributed by atoms with Crippen LogP contribution in [0.5, 0.6) is 5.75 Å². The lowest BCUT2D eigenvalue weighted by atomic mass is 9.81. The number of carbonyl (C=O) groups excluding carboxylic acids is 1. The van der Waals surface area contributed by atoms with E-state index < -0.39 is 6.04 Å². The maximum absolute atomic E-state index is 13.2. The van der Waals surface area contributed by atoms with Crippen LogP contribution in [0, 0.1) is 5.92 Å². The number of Topliss-reactive ketones (excluding diaryl/α,β-unsaturated/α-hetero) is 1. The molecule has 5 nitrogen and oxygen atoms in total. The Labute approximate surface area is 152 Å². The third kappa shape index (κ3) is 3.26. The van der Waals surface area contributed by atoms with Gasteiger partial charge in [-0.2, -0.15) is 0 Å². The Morgan fingerprint density at radius 1 is 1.19 bits per heavy atom. The summed E-state index contributed by atoms with van der Waals surface area (Å²) in [6, 6.07) is 17.2. The van der Waals surface area contributed by atoms with Crippen LogP contribution >= 0.6 is 0 Å². The first kappa shape index (κ1) is 16.5. The van der Waals surface area contributed by atoms with E-state index in [1.54, 1.807) is 12.5 Å². The number of carbonyl (C=O) groups is 1. The average molecular weight is 347 g/mol. The number of aromatic nitrogens is 2. The Bertz CT molecular complexity index is 877. The van der Waals surface area contributed by atoms with Crippen LogP contribution in [0.2, 0.25) is 0 Å². The number of aromatic amines is 1. The molecule has 1 aliphatic heterocycles. The maximum atomic E-state index is 13.2. The number of rotatable bonds is 5. The molecule has 2 heterocycles. The summed E-state index contributed by atoms with van der Waals surface area (Å²) in [6.45, 7) is 0. The lowest BCUT2D eigenvalue weighted by molar-refractivity contribution is -0.127. The van der Waals surface area contributed by atoms with Crippen molar-refractivity contribution in [2.75, 3.05) is 0 Å². The monoisotopic (exact) mass is 347 g/mol. The van der Waals surface area contributed by atoms with Gasteiger partial charge in [-0.15, -0.1) is 0 Å². The van der Waals surface area contributed by atoms with Gasteiger partial charge in [0.25, 0.3) is 0 Å². The second-order valence-electron chi connectivity index (χ2n) is 6.66. The normalized spacial score (nSPS) is 20.0. The molecule has 3 aromatic rings. The summed E-state index contributed by atoms with van der Waals surface area (Å²) in [6.07, 6.45) is 4.05. The van der Waals surface area contributed by atoms with Gasteiger partial charge in [0.2, 0.25) is 0 Å². The van der Waals surface area contributed by atoms with Gasteiger partial charge >= 0.3 is 0 Å². The Balaban J connectivity index is 1.63. The molecular formula is C21H21N3O2. The highest BCUT2D eigenvalue weighted by atomic mass is 16.5. The number of fused-ring (bicyclic) bond motifs is 1. The van der Waals surface area contributed by atoms with E-state index in [-0.39, 0.29) is 17.8 Å². The number of hydrogen-bond acceptors (Lipinski definition) is 4. The van der Waals surface area contributed by atoms with Crippen LogP contribution in [0.25, 0.3) is 0 Å². The number of benzene rings is 2. The zero-order valence-corrected chi connectivity index (χ0v) is 14.3. The number of nitrogens with one attached hydrogen (secondary N) is 1. The van der Waals surface area contributed by atoms with Crippen molar-refractivity contribution >= 4 is 5.78 Å². The van der Waals surface area contributed by atoms with Crippen molar-refractivity contribution in [3.05, 3.63) is 83.9 Å². The highest BCUT2D eigenvalue weighted by Crippen LogP contribution is 2.39. The Morgan fingerprint density at radius 2 is 1.96 bits per heavy atom. The number of ether oxygens (including phenoxy) is 1. The van der Waals surface area contributed by atoms with Gasteiger partial charge in [0, 0.05) is 18.3 Å². The number of imidazole rings is 1. The van der Waals surface area contributed by atoms with Gasteiger partial charge < -0.3 is 15.5 Å². The van der Waals surface area contributed by atoms with Crippen molar-refractivity contribution in [1.29, 1.82) is 0 Å². The average Bonchev–Trinajstić information content (AvgIpc) is 3.20. The lowest BCUT2D eigenvalue weighted by Crippen LogP contribution is -2.43. The van der Waals surface area contributed by atoms with E-state index in [2.05, 4.69) is 9.97 Å². The number of ketones is 1. The predicted octanol–water partition coefficient (Wildman–Crippen LogP) is 2.84. The smallest absolute Gasteiger partial charge is 0.157 e. The minimum atomic E-state index is -0.597. The minimum Gasteiger partial charge on any atom is -0.485 e. The highest BCUT2D eigenvalue weighted by Gasteiger charge is 2.38. The van der Waals surface area contributed by atoms with E-state index in [0.29, 0.717) is 12.8 Å². The van der Waals surface area contributed by atoms with Crippen molar-refractivity contribution in [1.82, 2.24) is 9.97 Å². The summed E-state index contributed by atoms with van der Waals surface area (Å²) < 4.78 is 6.24. The molecule has 0 saturated heterocycles. The lowest BCUT2D eigenvalue weighted by Gasteiger charge is -2.34. The number of H-pyrrole nitrogens is 1. The van der Waals surface area contributed by atoms with Gasteiger partial charge in [-0.3, -0.25) is 4.79 Å². The molecule has 0 saturated carbocycles. The van der Waals surface area contributed by atoms with E-state index in [1.807, 2.05) is 54.6 Å². The zero-order valence-electron chi connectivity index (χ0n) is 14.3. The summed E-state index contributed by atoms with van der Waals surface area (Å²) in [4.78, 5) is 20.2. The number of nitrogens with zero attached hydrogens (tertiary/aromatic N) is 1. The number of hydrogen-bond donors (Lipinski definition) is 2. The molecule has 0 aliphatic carbocycles. The van der Waals surface area contributed by atoms with Gasteiger partial charge in [-0.1, -0.05) is 48.5 Å². The van der Waals surface area contributed by atoms with Gasteiger partial charge in [-0.05, 0) is 23.6 Å². The van der Waals surface area contributed by atoms with Gasteiger partial charge in [-0.25, -0.2) is 4.98 Å². The molecule has 0 amide bonds. The van der Waals surface area contributed by atoms with Gasteiger partial charge in [0.1, 0.15) is 11.9 Å². The number of para-hydroxylation sites is 1. The van der Waals surface area contributed by atoms with Crippen molar-refractivity contribution in [3.63, 3.8) is 0 Å². The third-order valence-corrected chi connectivity index (χ3v) is 4.89. The molecule has 3 N–H and O–H groups in total. The summed E-state index contributed by atoms with van der Waals surface area (Å²) in [5.74, 6) is 0.542. The highest BCUT2D eigenvalue weighted by molar-refractivity contribution is 5.87. The molecule has 5 heteroatoms. The molecule has 1 aromatic heterocycles. The van der Waals surface area contributed by atoms with Crippen molar-refractivity contribution < 1.29 is 9.53 Å². The molecule has 2 aromatic carbocycles. The van der Waals surface area contributed by atoms with Crippen molar-refractivity contribution in [2.45, 2.75) is 25.0 Å². The quantitative estimate of drug-likeness (QED) is 0.744. The van der Waals surface area contributed by atoms with E-state index >= 15 is 0 Å². The van der Waals surface area contributed by atoms with Crippen LogP contribution in [0.15, 0.2) is 67.1 Å². The van der Waals surface area contributed by atoms with Gasteiger partial charge in [0.15, 0.2) is 5.78 Å². The van der Waals surface area contributed by atoms with E-state index in [4.69, 9.17) is 10.5 Å². The Morgan fingerprint density at radius 3 is 2.73 bits per heavy atom. The van der Waals surface area contributed by atoms with Crippen molar-refractivity contribution in [3.8, 4) is 5.75 Å². The van der Waals surface area contributed by atoms with Crippen molar-refractivity contribution in [2.24, 2.45) is 11.7 Å². The van der Waals surface area contributed by atoms with Crippen LogP contribution < -0.4 is 10.5 Å². The first-order chi connectivity index (χ1) is 12.7. The maximum Gasteiger partial charge on any atom is 0.157 e. The molecule has 0 spiro atoms. The first-order valence-corrected chi connectivity index (χ1v) is 8.78. The van der Waals surface area contributed by atoms with E-state index in [0.717, 1.165) is 22.6 Å². The molecule has 132 valence electrons. The van der Waals surface area contributed by atoms with Crippen LogP contribution in [0.4, 0.5) is 0 Å². The first-order valence-electron chi connectivity index (χ1n) is 8.78. The summed E-state index contributed by atoms with van der Waals surface area (Å²) in [5, 5.41) is 0. The molecule has 3 atom stereocenters. The molecule has 26 heavy (non-hydrogen) atoms. The fourth-order valence-corrected chi connectivity index (χ4v) is 3.55. The zero-order chi connectivity index (χ0) is 17.9. The van der Waals surface area contributed by atoms with E-state index in [1.165, 1.54) is 0 Å². The largest absolute Gasteiger partial charge is 0.485 e. The molecule has 0 fully saturated rings. The molecular weight excluding hydrogens is 326 g/mol. The second kappa shape index (κ2) is 7.14. The van der Waals surface area contributed by atoms with Crippen LogP contribution in [0.1, 0.15) is 22.9 Å². The predicted molar refractivity (Wildman–Crippen MR) is 98.7 cm³/mol. The molecule has 1 aliphatic rings. The standard InChI is InChI=1S/C21H21N3O2/c22-18(11-16-12-23-13-24-16)20(25)17-10-15-8-4-5-9-19(15)26-21(17)14-6-2-1-3-7-14/h1-9,12-13,17-18,21H,10-11,22H2,(H,23,24)/t17?,18-,21?/m0/s1. The van der Waals surface area contributed by atoms with Crippen LogP contribution in [-0.2, 0) is 17.6 Å². The SMILES string of the molecule is N[C@@H](Cc1cnc[nH]1)C(=O)C1Cc2ccccc2OC1c1ccccc1. The van der Waals surface area contributed by atoms with Crippen LogP contribution in [-0.4, -0.2) is 21.8 Å². The topological polar surface area (TPSA) is 81.0 Å². The molecule has 2 unspecified atom stereocenters. The fraction of sp³-hybridized carbons (Fsp3) is 0.238. The molecule has 0 bridgehead atoms. The van der Waals surface area contributed by atoms with E-state index in [9.17, 15) is 4.79 Å². The minimum absolute atomic E-state index is 0.0166. The number of nitrogens with two attached hydrogens (primary N) is 1. The Kier molecular flexibility index (Phi) is 4.54. The second-order valence-corrected chi connectivity index (χ2v) is 6.66. The molecule has 4 rings (SSSR count). The van der Waals surface area contributed by atoms with Gasteiger partial charge in [0.05, 0.1) is 18.3 Å². The summed E-state index contributed by atoms with van der Waals surface area (Å²) in [5.41, 5.74) is 9.15. The third-order valence-electron chi connectivity index (χ3n) is 4.89.